The number of hydrogen-bond donors (Lipinski definition) is 1. The summed E-state index contributed by atoms with van der Waals surface area (Å²) in [7, 11) is 0. The lowest BCUT2D eigenvalue weighted by atomic mass is 9.88. The van der Waals surface area contributed by atoms with Crippen molar-refractivity contribution in [3.63, 3.8) is 0 Å². The third-order valence-electron chi connectivity index (χ3n) is 4.23. The van der Waals surface area contributed by atoms with Crippen LogP contribution in [0, 0.1) is 11.3 Å². The van der Waals surface area contributed by atoms with E-state index in [2.05, 4.69) is 35.1 Å². The summed E-state index contributed by atoms with van der Waals surface area (Å²) in [4.78, 5) is 12.2. The van der Waals surface area contributed by atoms with Gasteiger partial charge in [-0.1, -0.05) is 55.5 Å². The fourth-order valence-electron chi connectivity index (χ4n) is 3.01. The fraction of sp³-hybridized carbons (Fsp3) is 0.933. The van der Waals surface area contributed by atoms with E-state index in [-0.39, 0.29) is 11.8 Å². The van der Waals surface area contributed by atoms with Crippen LogP contribution in [-0.4, -0.2) is 17.8 Å². The van der Waals surface area contributed by atoms with Crippen LogP contribution >= 0.6 is 15.9 Å². The molecule has 0 spiro atoms. The predicted octanol–water partition coefficient (Wildman–Crippen LogP) is 4.27. The van der Waals surface area contributed by atoms with E-state index < -0.39 is 0 Å². The van der Waals surface area contributed by atoms with Gasteiger partial charge in [-0.3, -0.25) is 4.79 Å². The zero-order valence-electron chi connectivity index (χ0n) is 11.9. The van der Waals surface area contributed by atoms with E-state index >= 15 is 0 Å². The summed E-state index contributed by atoms with van der Waals surface area (Å²) in [6.45, 7) is 5.18. The van der Waals surface area contributed by atoms with Crippen LogP contribution in [-0.2, 0) is 4.79 Å². The molecule has 0 bridgehead atoms. The average molecular weight is 318 g/mol. The first-order valence-corrected chi connectivity index (χ1v) is 8.63. The average Bonchev–Trinajstić information content (AvgIpc) is 2.85. The number of amides is 1. The first kappa shape index (κ1) is 16.0. The Kier molecular flexibility index (Phi) is 7.28. The highest BCUT2D eigenvalue weighted by Crippen LogP contribution is 2.39. The van der Waals surface area contributed by atoms with E-state index in [4.69, 9.17) is 0 Å². The second-order valence-electron chi connectivity index (χ2n) is 5.83. The Labute approximate surface area is 120 Å². The van der Waals surface area contributed by atoms with Gasteiger partial charge in [0, 0.05) is 17.8 Å². The third-order valence-corrected chi connectivity index (χ3v) is 5.42. The molecule has 0 heterocycles. The maximum atomic E-state index is 12.2. The number of halogens is 1. The molecular formula is C15H28BrNO. The van der Waals surface area contributed by atoms with Gasteiger partial charge in [0.25, 0.3) is 0 Å². The molecule has 18 heavy (non-hydrogen) atoms. The van der Waals surface area contributed by atoms with Crippen molar-refractivity contribution in [1.29, 1.82) is 0 Å². The minimum atomic E-state index is 0.230. The number of rotatable bonds is 8. The molecule has 3 heteroatoms. The van der Waals surface area contributed by atoms with E-state index in [0.29, 0.717) is 5.41 Å². The molecule has 0 saturated heterocycles. The Hall–Kier alpha value is -0.0500. The van der Waals surface area contributed by atoms with E-state index in [1.54, 1.807) is 0 Å². The highest BCUT2D eigenvalue weighted by atomic mass is 79.9. The Morgan fingerprint density at radius 3 is 2.22 bits per heavy atom. The molecule has 1 fully saturated rings. The molecule has 0 radical (unpaired) electrons. The van der Waals surface area contributed by atoms with Gasteiger partial charge in [0.2, 0.25) is 5.91 Å². The summed E-state index contributed by atoms with van der Waals surface area (Å²) in [6.07, 6.45) is 9.39. The summed E-state index contributed by atoms with van der Waals surface area (Å²) in [6, 6.07) is 0. The van der Waals surface area contributed by atoms with E-state index in [9.17, 15) is 4.79 Å². The molecule has 2 nitrogen and oxygen atoms in total. The lowest BCUT2D eigenvalue weighted by Crippen LogP contribution is -2.40. The number of nitrogens with one attached hydrogen (secondary N) is 1. The Balaban J connectivity index is 2.42. The number of carbonyl (C=O) groups excluding carboxylic acids is 1. The summed E-state index contributed by atoms with van der Waals surface area (Å²) in [5.41, 5.74) is 0.332. The van der Waals surface area contributed by atoms with Crippen molar-refractivity contribution < 1.29 is 4.79 Å². The quantitative estimate of drug-likeness (QED) is 0.665. The molecule has 0 aliphatic heterocycles. The maximum absolute atomic E-state index is 12.2. The van der Waals surface area contributed by atoms with Crippen LogP contribution in [0.2, 0.25) is 0 Å². The molecule has 0 aromatic heterocycles. The van der Waals surface area contributed by atoms with Crippen molar-refractivity contribution in [2.24, 2.45) is 11.3 Å². The summed E-state index contributed by atoms with van der Waals surface area (Å²) in [5.74, 6) is 0.514. The molecule has 0 aromatic rings. The van der Waals surface area contributed by atoms with Gasteiger partial charge in [-0.15, -0.1) is 0 Å². The highest BCUT2D eigenvalue weighted by molar-refractivity contribution is 9.09. The summed E-state index contributed by atoms with van der Waals surface area (Å²) < 4.78 is 0. The monoisotopic (exact) mass is 317 g/mol. The van der Waals surface area contributed by atoms with Crippen LogP contribution in [0.4, 0.5) is 0 Å². The minimum absolute atomic E-state index is 0.230. The summed E-state index contributed by atoms with van der Waals surface area (Å²) >= 11 is 3.63. The van der Waals surface area contributed by atoms with E-state index in [1.165, 1.54) is 25.7 Å². The molecular weight excluding hydrogens is 290 g/mol. The molecule has 0 atom stereocenters. The van der Waals surface area contributed by atoms with Gasteiger partial charge in [0.1, 0.15) is 0 Å². The van der Waals surface area contributed by atoms with Gasteiger partial charge in [0.05, 0.1) is 0 Å². The lowest BCUT2D eigenvalue weighted by Gasteiger charge is -2.28. The second kappa shape index (κ2) is 8.19. The Bertz CT molecular complexity index is 243. The molecule has 1 saturated carbocycles. The molecule has 1 aliphatic carbocycles. The highest BCUT2D eigenvalue weighted by Gasteiger charge is 2.33. The first-order chi connectivity index (χ1) is 8.67. The molecule has 1 amide bonds. The van der Waals surface area contributed by atoms with E-state index in [1.807, 2.05) is 0 Å². The molecule has 1 N–H and O–H groups in total. The predicted molar refractivity (Wildman–Crippen MR) is 81.0 cm³/mol. The van der Waals surface area contributed by atoms with E-state index in [0.717, 1.165) is 37.6 Å². The first-order valence-electron chi connectivity index (χ1n) is 7.51. The van der Waals surface area contributed by atoms with Crippen LogP contribution in [0.5, 0.6) is 0 Å². The number of carbonyl (C=O) groups is 1. The Morgan fingerprint density at radius 2 is 1.78 bits per heavy atom. The molecule has 1 rings (SSSR count). The minimum Gasteiger partial charge on any atom is -0.355 e. The maximum Gasteiger partial charge on any atom is 0.223 e. The zero-order chi connectivity index (χ0) is 13.4. The summed E-state index contributed by atoms with van der Waals surface area (Å²) in [5, 5.41) is 4.24. The smallest absolute Gasteiger partial charge is 0.223 e. The third kappa shape index (κ3) is 4.56. The van der Waals surface area contributed by atoms with Gasteiger partial charge in [-0.2, -0.15) is 0 Å². The standard InChI is InChI=1S/C15H28BrNO/c1-3-7-13(8-4-2)14(18)17-12-15(11-16)9-5-6-10-15/h13H,3-12H2,1-2H3,(H,17,18). The molecule has 106 valence electrons. The molecule has 0 aromatic carbocycles. The lowest BCUT2D eigenvalue weighted by molar-refractivity contribution is -0.125. The van der Waals surface area contributed by atoms with Gasteiger partial charge in [0.15, 0.2) is 0 Å². The van der Waals surface area contributed by atoms with Gasteiger partial charge in [-0.05, 0) is 31.1 Å². The van der Waals surface area contributed by atoms with Crippen LogP contribution in [0.3, 0.4) is 0 Å². The molecule has 0 unspecified atom stereocenters. The number of alkyl halides is 1. The van der Waals surface area contributed by atoms with Crippen molar-refractivity contribution in [2.75, 3.05) is 11.9 Å². The van der Waals surface area contributed by atoms with Crippen molar-refractivity contribution in [3.8, 4) is 0 Å². The fourth-order valence-corrected chi connectivity index (χ4v) is 3.76. The van der Waals surface area contributed by atoms with Crippen molar-refractivity contribution in [1.82, 2.24) is 5.32 Å². The van der Waals surface area contributed by atoms with Crippen LogP contribution in [0.1, 0.15) is 65.2 Å². The normalized spacial score (nSPS) is 18.2. The second-order valence-corrected chi connectivity index (χ2v) is 6.39. The van der Waals surface area contributed by atoms with Gasteiger partial charge >= 0.3 is 0 Å². The van der Waals surface area contributed by atoms with Crippen molar-refractivity contribution in [3.05, 3.63) is 0 Å². The van der Waals surface area contributed by atoms with Crippen molar-refractivity contribution >= 4 is 21.8 Å². The SMILES string of the molecule is CCCC(CCC)C(=O)NCC1(CBr)CCCC1. The van der Waals surface area contributed by atoms with Gasteiger partial charge < -0.3 is 5.32 Å². The Morgan fingerprint density at radius 1 is 1.22 bits per heavy atom. The van der Waals surface area contributed by atoms with Gasteiger partial charge in [-0.25, -0.2) is 0 Å². The largest absolute Gasteiger partial charge is 0.355 e. The zero-order valence-corrected chi connectivity index (χ0v) is 13.5. The number of hydrogen-bond acceptors (Lipinski definition) is 1. The van der Waals surface area contributed by atoms with Crippen LogP contribution in [0.15, 0.2) is 0 Å². The van der Waals surface area contributed by atoms with Crippen LogP contribution < -0.4 is 5.32 Å². The van der Waals surface area contributed by atoms with Crippen molar-refractivity contribution in [2.45, 2.75) is 65.2 Å². The topological polar surface area (TPSA) is 29.1 Å². The molecule has 1 aliphatic rings. The van der Waals surface area contributed by atoms with Crippen LogP contribution in [0.25, 0.3) is 0 Å².